The molecule has 0 bridgehead atoms. The standard InChI is InChI=1S/C19H19N/c1-13-9-11-14(12-10-13)15-6-4-7-17-16-5-2-3-8-18(16)20-19(15)17/h2-3,5,8-12,15,20H,4,6-7H2,1H3. The van der Waals surface area contributed by atoms with Crippen LogP contribution in [0.15, 0.2) is 48.5 Å². The molecule has 1 unspecified atom stereocenters. The van der Waals surface area contributed by atoms with Crippen molar-refractivity contribution in [3.63, 3.8) is 0 Å². The molecule has 1 aliphatic rings. The third-order valence-corrected chi connectivity index (χ3v) is 4.59. The molecule has 1 nitrogen and oxygen atoms in total. The number of fused-ring (bicyclic) bond motifs is 3. The van der Waals surface area contributed by atoms with Gasteiger partial charge in [0.05, 0.1) is 0 Å². The van der Waals surface area contributed by atoms with Crippen molar-refractivity contribution >= 4 is 10.9 Å². The highest BCUT2D eigenvalue weighted by Gasteiger charge is 2.25. The van der Waals surface area contributed by atoms with Gasteiger partial charge in [-0.2, -0.15) is 0 Å². The number of H-pyrrole nitrogens is 1. The van der Waals surface area contributed by atoms with E-state index in [1.165, 1.54) is 52.5 Å². The number of aryl methyl sites for hydroxylation is 2. The van der Waals surface area contributed by atoms with Gasteiger partial charge in [-0.05, 0) is 43.4 Å². The highest BCUT2D eigenvalue weighted by atomic mass is 14.7. The number of hydrogen-bond acceptors (Lipinski definition) is 0. The minimum atomic E-state index is 0.534. The maximum atomic E-state index is 3.68. The van der Waals surface area contributed by atoms with Crippen molar-refractivity contribution in [3.8, 4) is 0 Å². The number of para-hydroxylation sites is 1. The second-order valence-electron chi connectivity index (χ2n) is 5.92. The second kappa shape index (κ2) is 4.52. The highest BCUT2D eigenvalue weighted by Crippen LogP contribution is 2.39. The van der Waals surface area contributed by atoms with Crippen LogP contribution in [0, 0.1) is 6.92 Å². The van der Waals surface area contributed by atoms with E-state index in [0.29, 0.717) is 5.92 Å². The summed E-state index contributed by atoms with van der Waals surface area (Å²) < 4.78 is 0. The SMILES string of the molecule is Cc1ccc(C2CCCc3c2[nH]c2ccccc32)cc1. The Morgan fingerprint density at radius 2 is 1.80 bits per heavy atom. The van der Waals surface area contributed by atoms with Crippen LogP contribution in [0.3, 0.4) is 0 Å². The molecule has 0 aliphatic heterocycles. The van der Waals surface area contributed by atoms with Crippen LogP contribution in [-0.2, 0) is 6.42 Å². The molecule has 1 heteroatoms. The Morgan fingerprint density at radius 3 is 2.65 bits per heavy atom. The van der Waals surface area contributed by atoms with Crippen LogP contribution >= 0.6 is 0 Å². The lowest BCUT2D eigenvalue weighted by Gasteiger charge is -2.23. The fourth-order valence-electron chi connectivity index (χ4n) is 3.55. The van der Waals surface area contributed by atoms with Gasteiger partial charge >= 0.3 is 0 Å². The van der Waals surface area contributed by atoms with E-state index in [1.54, 1.807) is 0 Å². The van der Waals surface area contributed by atoms with E-state index in [-0.39, 0.29) is 0 Å². The maximum Gasteiger partial charge on any atom is 0.0459 e. The lowest BCUT2D eigenvalue weighted by molar-refractivity contribution is 0.608. The van der Waals surface area contributed by atoms with E-state index < -0.39 is 0 Å². The molecule has 0 amide bonds. The fraction of sp³-hybridized carbons (Fsp3) is 0.263. The summed E-state index contributed by atoms with van der Waals surface area (Å²) in [7, 11) is 0. The van der Waals surface area contributed by atoms with Crippen LogP contribution in [0.5, 0.6) is 0 Å². The van der Waals surface area contributed by atoms with Gasteiger partial charge in [-0.25, -0.2) is 0 Å². The molecule has 2 aromatic carbocycles. The van der Waals surface area contributed by atoms with Crippen LogP contribution in [0.4, 0.5) is 0 Å². The molecular weight excluding hydrogens is 242 g/mol. The molecule has 1 atom stereocenters. The van der Waals surface area contributed by atoms with E-state index >= 15 is 0 Å². The minimum Gasteiger partial charge on any atom is -0.358 e. The number of aromatic amines is 1. The topological polar surface area (TPSA) is 15.8 Å². The largest absolute Gasteiger partial charge is 0.358 e. The molecule has 0 saturated carbocycles. The molecule has 20 heavy (non-hydrogen) atoms. The zero-order valence-electron chi connectivity index (χ0n) is 11.8. The Hall–Kier alpha value is -2.02. The smallest absolute Gasteiger partial charge is 0.0459 e. The van der Waals surface area contributed by atoms with Crippen molar-refractivity contribution in [3.05, 3.63) is 70.9 Å². The van der Waals surface area contributed by atoms with E-state index in [1.807, 2.05) is 0 Å². The monoisotopic (exact) mass is 261 g/mol. The number of aromatic nitrogens is 1. The van der Waals surface area contributed by atoms with Gasteiger partial charge in [-0.3, -0.25) is 0 Å². The summed E-state index contributed by atoms with van der Waals surface area (Å²) in [6, 6.07) is 17.7. The van der Waals surface area contributed by atoms with Crippen molar-refractivity contribution in [2.45, 2.75) is 32.1 Å². The third kappa shape index (κ3) is 1.77. The molecule has 1 heterocycles. The van der Waals surface area contributed by atoms with Gasteiger partial charge in [-0.15, -0.1) is 0 Å². The van der Waals surface area contributed by atoms with Gasteiger partial charge in [0, 0.05) is 22.5 Å². The Kier molecular flexibility index (Phi) is 2.66. The first-order valence-corrected chi connectivity index (χ1v) is 7.49. The molecule has 1 N–H and O–H groups in total. The Bertz CT molecular complexity index is 749. The molecule has 0 saturated heterocycles. The van der Waals surface area contributed by atoms with Crippen LogP contribution < -0.4 is 0 Å². The van der Waals surface area contributed by atoms with Crippen molar-refractivity contribution in [2.75, 3.05) is 0 Å². The number of nitrogens with one attached hydrogen (secondary N) is 1. The van der Waals surface area contributed by atoms with Crippen molar-refractivity contribution < 1.29 is 0 Å². The first-order valence-electron chi connectivity index (χ1n) is 7.49. The molecular formula is C19H19N. The van der Waals surface area contributed by atoms with E-state index in [0.717, 1.165) is 0 Å². The predicted molar refractivity (Wildman–Crippen MR) is 84.3 cm³/mol. The molecule has 3 aromatic rings. The van der Waals surface area contributed by atoms with Gasteiger partial charge in [0.25, 0.3) is 0 Å². The average Bonchev–Trinajstić information content (AvgIpc) is 2.87. The lowest BCUT2D eigenvalue weighted by Crippen LogP contribution is -2.10. The van der Waals surface area contributed by atoms with Gasteiger partial charge < -0.3 is 4.98 Å². The van der Waals surface area contributed by atoms with Gasteiger partial charge in [-0.1, -0.05) is 48.0 Å². The Morgan fingerprint density at radius 1 is 1.00 bits per heavy atom. The summed E-state index contributed by atoms with van der Waals surface area (Å²) >= 11 is 0. The van der Waals surface area contributed by atoms with Crippen LogP contribution in [-0.4, -0.2) is 4.98 Å². The Balaban J connectivity index is 1.87. The molecule has 0 radical (unpaired) electrons. The first-order chi connectivity index (χ1) is 9.83. The molecule has 4 rings (SSSR count). The predicted octanol–water partition coefficient (Wildman–Crippen LogP) is 4.94. The zero-order valence-corrected chi connectivity index (χ0v) is 11.8. The summed E-state index contributed by atoms with van der Waals surface area (Å²) in [4.78, 5) is 3.68. The minimum absolute atomic E-state index is 0.534. The van der Waals surface area contributed by atoms with Crippen LogP contribution in [0.2, 0.25) is 0 Å². The van der Waals surface area contributed by atoms with Crippen LogP contribution in [0.25, 0.3) is 10.9 Å². The lowest BCUT2D eigenvalue weighted by atomic mass is 9.82. The number of rotatable bonds is 1. The molecule has 0 spiro atoms. The van der Waals surface area contributed by atoms with E-state index in [4.69, 9.17) is 0 Å². The Labute approximate surface area is 119 Å². The summed E-state index contributed by atoms with van der Waals surface area (Å²) in [6.07, 6.45) is 3.75. The zero-order chi connectivity index (χ0) is 13.5. The molecule has 100 valence electrons. The molecule has 1 aliphatic carbocycles. The molecule has 1 aromatic heterocycles. The number of benzene rings is 2. The van der Waals surface area contributed by atoms with E-state index in [9.17, 15) is 0 Å². The van der Waals surface area contributed by atoms with Crippen LogP contribution in [0.1, 0.15) is 41.1 Å². The maximum absolute atomic E-state index is 3.68. The third-order valence-electron chi connectivity index (χ3n) is 4.59. The van der Waals surface area contributed by atoms with Crippen molar-refractivity contribution in [1.29, 1.82) is 0 Å². The molecule has 0 fully saturated rings. The first kappa shape index (κ1) is 11.8. The fourth-order valence-corrected chi connectivity index (χ4v) is 3.55. The van der Waals surface area contributed by atoms with Crippen molar-refractivity contribution in [1.82, 2.24) is 4.98 Å². The average molecular weight is 261 g/mol. The quantitative estimate of drug-likeness (QED) is 0.638. The van der Waals surface area contributed by atoms with E-state index in [2.05, 4.69) is 60.4 Å². The van der Waals surface area contributed by atoms with Gasteiger partial charge in [0.1, 0.15) is 0 Å². The van der Waals surface area contributed by atoms with Crippen molar-refractivity contribution in [2.24, 2.45) is 0 Å². The van der Waals surface area contributed by atoms with Gasteiger partial charge in [0.2, 0.25) is 0 Å². The summed E-state index contributed by atoms with van der Waals surface area (Å²) in [5.74, 6) is 0.534. The summed E-state index contributed by atoms with van der Waals surface area (Å²) in [6.45, 7) is 2.15. The second-order valence-corrected chi connectivity index (χ2v) is 5.92. The summed E-state index contributed by atoms with van der Waals surface area (Å²) in [5, 5.41) is 1.42. The normalized spacial score (nSPS) is 18.1. The number of hydrogen-bond donors (Lipinski definition) is 1. The summed E-state index contributed by atoms with van der Waals surface area (Å²) in [5.41, 5.74) is 7.06. The van der Waals surface area contributed by atoms with Gasteiger partial charge in [0.15, 0.2) is 0 Å². The highest BCUT2D eigenvalue weighted by molar-refractivity contribution is 5.85.